The molecule has 0 aromatic rings. The maximum absolute atomic E-state index is 10.4. The maximum atomic E-state index is 10.4. The highest BCUT2D eigenvalue weighted by Crippen LogP contribution is 2.45. The van der Waals surface area contributed by atoms with Gasteiger partial charge in [-0.2, -0.15) is 0 Å². The quantitative estimate of drug-likeness (QED) is 0.724. The number of piperidine rings is 1. The molecule has 0 spiro atoms. The summed E-state index contributed by atoms with van der Waals surface area (Å²) in [6, 6.07) is 0. The topological polar surface area (TPSA) is 23.5 Å². The lowest BCUT2D eigenvalue weighted by Gasteiger charge is -2.36. The van der Waals surface area contributed by atoms with Crippen LogP contribution in [0.1, 0.15) is 38.5 Å². The smallest absolute Gasteiger partial charge is 0.0774 e. The van der Waals surface area contributed by atoms with Crippen LogP contribution in [0.5, 0.6) is 0 Å². The fraction of sp³-hybridized carbons (Fsp3) is 1.00. The van der Waals surface area contributed by atoms with E-state index in [9.17, 15) is 5.11 Å². The van der Waals surface area contributed by atoms with Gasteiger partial charge in [0.05, 0.1) is 5.60 Å². The normalized spacial score (nSPS) is 40.9. The SMILES string of the molecule is OC1(CN2CC3CC3C2)CCCCC1. The van der Waals surface area contributed by atoms with Gasteiger partial charge in [0.1, 0.15) is 0 Å². The summed E-state index contributed by atoms with van der Waals surface area (Å²) >= 11 is 0. The molecule has 1 heterocycles. The third-order valence-electron chi connectivity index (χ3n) is 4.36. The molecule has 2 aliphatic carbocycles. The molecule has 0 bridgehead atoms. The number of likely N-dealkylation sites (tertiary alicyclic amines) is 1. The predicted molar refractivity (Wildman–Crippen MR) is 56.1 cm³/mol. The van der Waals surface area contributed by atoms with Crippen LogP contribution < -0.4 is 0 Å². The Morgan fingerprint density at radius 3 is 2.36 bits per heavy atom. The van der Waals surface area contributed by atoms with E-state index >= 15 is 0 Å². The van der Waals surface area contributed by atoms with E-state index < -0.39 is 0 Å². The number of fused-ring (bicyclic) bond motifs is 1. The van der Waals surface area contributed by atoms with Crippen molar-refractivity contribution in [2.45, 2.75) is 44.1 Å². The van der Waals surface area contributed by atoms with Crippen LogP contribution in [0.25, 0.3) is 0 Å². The summed E-state index contributed by atoms with van der Waals surface area (Å²) in [5, 5.41) is 10.4. The first-order valence-corrected chi connectivity index (χ1v) is 6.20. The molecule has 2 unspecified atom stereocenters. The molecule has 0 radical (unpaired) electrons. The van der Waals surface area contributed by atoms with Gasteiger partial charge in [0.15, 0.2) is 0 Å². The lowest BCUT2D eigenvalue weighted by atomic mass is 9.84. The molecule has 2 nitrogen and oxygen atoms in total. The monoisotopic (exact) mass is 195 g/mol. The minimum atomic E-state index is -0.324. The Kier molecular flexibility index (Phi) is 2.10. The number of aliphatic hydroxyl groups is 1. The zero-order chi connectivity index (χ0) is 9.60. The average molecular weight is 195 g/mol. The van der Waals surface area contributed by atoms with E-state index in [2.05, 4.69) is 4.90 Å². The van der Waals surface area contributed by atoms with Crippen LogP contribution in [0.3, 0.4) is 0 Å². The molecule has 2 saturated carbocycles. The second kappa shape index (κ2) is 3.21. The molecule has 1 saturated heterocycles. The molecule has 0 amide bonds. The van der Waals surface area contributed by atoms with Gasteiger partial charge in [0.2, 0.25) is 0 Å². The lowest BCUT2D eigenvalue weighted by molar-refractivity contribution is -0.0235. The Balaban J connectivity index is 1.54. The zero-order valence-corrected chi connectivity index (χ0v) is 8.91. The molecule has 14 heavy (non-hydrogen) atoms. The highest BCUT2D eigenvalue weighted by molar-refractivity contribution is 4.99. The third-order valence-corrected chi connectivity index (χ3v) is 4.36. The van der Waals surface area contributed by atoms with Gasteiger partial charge < -0.3 is 5.11 Å². The van der Waals surface area contributed by atoms with E-state index in [0.717, 1.165) is 31.2 Å². The molecule has 0 aromatic carbocycles. The van der Waals surface area contributed by atoms with E-state index in [1.807, 2.05) is 0 Å². The van der Waals surface area contributed by atoms with Gasteiger partial charge in [-0.25, -0.2) is 0 Å². The molecule has 2 atom stereocenters. The van der Waals surface area contributed by atoms with Crippen molar-refractivity contribution in [1.82, 2.24) is 4.90 Å². The van der Waals surface area contributed by atoms with Crippen LogP contribution in [0.2, 0.25) is 0 Å². The van der Waals surface area contributed by atoms with Gasteiger partial charge in [-0.1, -0.05) is 19.3 Å². The van der Waals surface area contributed by atoms with Crippen LogP contribution in [-0.2, 0) is 0 Å². The van der Waals surface area contributed by atoms with Crippen molar-refractivity contribution >= 4 is 0 Å². The summed E-state index contributed by atoms with van der Waals surface area (Å²) in [7, 11) is 0. The molecule has 2 heteroatoms. The minimum Gasteiger partial charge on any atom is -0.389 e. The Bertz CT molecular complexity index is 212. The second-order valence-electron chi connectivity index (χ2n) is 5.73. The summed E-state index contributed by atoms with van der Waals surface area (Å²) in [6.45, 7) is 3.50. The first-order chi connectivity index (χ1) is 6.75. The fourth-order valence-corrected chi connectivity index (χ4v) is 3.41. The molecular weight excluding hydrogens is 174 g/mol. The summed E-state index contributed by atoms with van der Waals surface area (Å²) in [5.41, 5.74) is -0.324. The van der Waals surface area contributed by atoms with Crippen LogP contribution in [0, 0.1) is 11.8 Å². The zero-order valence-electron chi connectivity index (χ0n) is 8.91. The minimum absolute atomic E-state index is 0.324. The Morgan fingerprint density at radius 2 is 1.71 bits per heavy atom. The van der Waals surface area contributed by atoms with E-state index in [1.165, 1.54) is 38.8 Å². The van der Waals surface area contributed by atoms with Crippen LogP contribution >= 0.6 is 0 Å². The number of hydrogen-bond donors (Lipinski definition) is 1. The van der Waals surface area contributed by atoms with Crippen molar-refractivity contribution in [3.8, 4) is 0 Å². The Morgan fingerprint density at radius 1 is 1.07 bits per heavy atom. The molecule has 0 aromatic heterocycles. The van der Waals surface area contributed by atoms with Gasteiger partial charge in [-0.05, 0) is 31.1 Å². The summed E-state index contributed by atoms with van der Waals surface area (Å²) in [5.74, 6) is 2.00. The van der Waals surface area contributed by atoms with Gasteiger partial charge in [-0.3, -0.25) is 4.90 Å². The van der Waals surface area contributed by atoms with Crippen molar-refractivity contribution in [2.24, 2.45) is 11.8 Å². The van der Waals surface area contributed by atoms with E-state index in [1.54, 1.807) is 0 Å². The van der Waals surface area contributed by atoms with Crippen LogP contribution in [-0.4, -0.2) is 35.2 Å². The molecule has 3 rings (SSSR count). The molecule has 80 valence electrons. The second-order valence-corrected chi connectivity index (χ2v) is 5.73. The van der Waals surface area contributed by atoms with Crippen molar-refractivity contribution < 1.29 is 5.11 Å². The van der Waals surface area contributed by atoms with Crippen molar-refractivity contribution in [2.75, 3.05) is 19.6 Å². The fourth-order valence-electron chi connectivity index (χ4n) is 3.41. The van der Waals surface area contributed by atoms with Crippen LogP contribution in [0.4, 0.5) is 0 Å². The molecule has 1 N–H and O–H groups in total. The van der Waals surface area contributed by atoms with Gasteiger partial charge >= 0.3 is 0 Å². The van der Waals surface area contributed by atoms with Crippen LogP contribution in [0.15, 0.2) is 0 Å². The standard InChI is InChI=1S/C12H21NO/c14-12(4-2-1-3-5-12)9-13-7-10-6-11(10)8-13/h10-11,14H,1-9H2. The average Bonchev–Trinajstić information content (AvgIpc) is 2.75. The molecular formula is C12H21NO. The van der Waals surface area contributed by atoms with Gasteiger partial charge in [-0.15, -0.1) is 0 Å². The van der Waals surface area contributed by atoms with Crippen molar-refractivity contribution in [3.63, 3.8) is 0 Å². The predicted octanol–water partition coefficient (Wildman–Crippen LogP) is 1.63. The van der Waals surface area contributed by atoms with Gasteiger partial charge in [0, 0.05) is 19.6 Å². The van der Waals surface area contributed by atoms with E-state index in [4.69, 9.17) is 0 Å². The number of hydrogen-bond acceptors (Lipinski definition) is 2. The van der Waals surface area contributed by atoms with E-state index in [-0.39, 0.29) is 5.60 Å². The first-order valence-electron chi connectivity index (χ1n) is 6.20. The Labute approximate surface area is 86.3 Å². The van der Waals surface area contributed by atoms with Gasteiger partial charge in [0.25, 0.3) is 0 Å². The largest absolute Gasteiger partial charge is 0.389 e. The third kappa shape index (κ3) is 1.70. The molecule has 3 aliphatic rings. The summed E-state index contributed by atoms with van der Waals surface area (Å²) < 4.78 is 0. The highest BCUT2D eigenvalue weighted by Gasteiger charge is 2.46. The van der Waals surface area contributed by atoms with Crippen molar-refractivity contribution in [3.05, 3.63) is 0 Å². The molecule has 1 aliphatic heterocycles. The van der Waals surface area contributed by atoms with Crippen molar-refractivity contribution in [1.29, 1.82) is 0 Å². The first kappa shape index (κ1) is 9.17. The Hall–Kier alpha value is -0.0800. The summed E-state index contributed by atoms with van der Waals surface area (Å²) in [4.78, 5) is 2.50. The number of β-amino-alcohol motifs (C(OH)–C–C–N with tert-alkyl or cyclic N) is 1. The number of nitrogens with zero attached hydrogens (tertiary/aromatic N) is 1. The molecule has 3 fully saturated rings. The number of rotatable bonds is 2. The summed E-state index contributed by atoms with van der Waals surface area (Å²) in [6.07, 6.45) is 7.34. The maximum Gasteiger partial charge on any atom is 0.0774 e. The lowest BCUT2D eigenvalue weighted by Crippen LogP contribution is -2.44. The van der Waals surface area contributed by atoms with E-state index in [0.29, 0.717) is 0 Å². The highest BCUT2D eigenvalue weighted by atomic mass is 16.3.